The third-order valence-electron chi connectivity index (χ3n) is 2.22. The summed E-state index contributed by atoms with van der Waals surface area (Å²) in [5.41, 5.74) is 1.06. The van der Waals surface area contributed by atoms with Crippen LogP contribution in [0.2, 0.25) is 5.02 Å². The monoisotopic (exact) mass is 196 g/mol. The molecule has 1 N–H and O–H groups in total. The highest BCUT2D eigenvalue weighted by molar-refractivity contribution is 6.30. The highest BCUT2D eigenvalue weighted by Gasteiger charge is 2.20. The Morgan fingerprint density at radius 2 is 2.31 bits per heavy atom. The van der Waals surface area contributed by atoms with Gasteiger partial charge in [0, 0.05) is 12.7 Å². The van der Waals surface area contributed by atoms with Crippen molar-refractivity contribution in [3.63, 3.8) is 0 Å². The molecule has 0 bridgehead atoms. The van der Waals surface area contributed by atoms with Crippen LogP contribution in [0.25, 0.3) is 0 Å². The van der Waals surface area contributed by atoms with E-state index in [1.165, 1.54) is 12.8 Å². The fourth-order valence-electron chi connectivity index (χ4n) is 1.24. The average Bonchev–Trinajstić information content (AvgIpc) is 2.92. The van der Waals surface area contributed by atoms with Crippen molar-refractivity contribution in [3.05, 3.63) is 29.0 Å². The van der Waals surface area contributed by atoms with E-state index in [2.05, 4.69) is 10.3 Å². The second kappa shape index (κ2) is 4.07. The lowest BCUT2D eigenvalue weighted by Gasteiger charge is -2.02. The summed E-state index contributed by atoms with van der Waals surface area (Å²) in [4.78, 5) is 4.20. The Bertz CT molecular complexity index is 267. The first-order valence-electron chi connectivity index (χ1n) is 4.66. The number of nitrogens with one attached hydrogen (secondary N) is 1. The molecule has 1 saturated carbocycles. The molecule has 1 heterocycles. The highest BCUT2D eigenvalue weighted by Crippen LogP contribution is 2.27. The molecule has 0 radical (unpaired) electrons. The average molecular weight is 197 g/mol. The molecule has 0 aliphatic heterocycles. The molecule has 1 aromatic heterocycles. The summed E-state index contributed by atoms with van der Waals surface area (Å²) in [5.74, 6) is 0.923. The summed E-state index contributed by atoms with van der Waals surface area (Å²) in [6.45, 7) is 1.98. The largest absolute Gasteiger partial charge is 0.311 e. The van der Waals surface area contributed by atoms with Gasteiger partial charge in [0.25, 0.3) is 0 Å². The molecular weight excluding hydrogens is 184 g/mol. The fourth-order valence-corrected chi connectivity index (χ4v) is 1.35. The first kappa shape index (κ1) is 8.97. The van der Waals surface area contributed by atoms with Gasteiger partial charge >= 0.3 is 0 Å². The minimum Gasteiger partial charge on any atom is -0.311 e. The van der Waals surface area contributed by atoms with E-state index in [1.54, 1.807) is 6.20 Å². The van der Waals surface area contributed by atoms with Crippen LogP contribution in [0.3, 0.4) is 0 Å². The second-order valence-corrected chi connectivity index (χ2v) is 3.98. The molecule has 1 aliphatic carbocycles. The number of pyridine rings is 1. The molecule has 0 unspecified atom stereocenters. The Hall–Kier alpha value is -0.600. The van der Waals surface area contributed by atoms with Crippen LogP contribution in [0.15, 0.2) is 18.3 Å². The van der Waals surface area contributed by atoms with E-state index in [0.29, 0.717) is 5.02 Å². The number of hydrogen-bond donors (Lipinski definition) is 1. The summed E-state index contributed by atoms with van der Waals surface area (Å²) in [6.07, 6.45) is 4.47. The van der Waals surface area contributed by atoms with E-state index in [1.807, 2.05) is 12.1 Å². The van der Waals surface area contributed by atoms with E-state index in [0.717, 1.165) is 24.7 Å². The Morgan fingerprint density at radius 3 is 2.92 bits per heavy atom. The fraction of sp³-hybridized carbons (Fsp3) is 0.500. The van der Waals surface area contributed by atoms with Crippen molar-refractivity contribution in [3.8, 4) is 0 Å². The molecule has 1 aromatic rings. The summed E-state index contributed by atoms with van der Waals surface area (Å²) in [5, 5.41) is 4.08. The van der Waals surface area contributed by atoms with Crippen molar-refractivity contribution in [2.45, 2.75) is 19.4 Å². The van der Waals surface area contributed by atoms with Crippen LogP contribution < -0.4 is 5.32 Å². The number of hydrogen-bond acceptors (Lipinski definition) is 2. The van der Waals surface area contributed by atoms with Crippen LogP contribution in [0.5, 0.6) is 0 Å². The maximum absolute atomic E-state index is 5.72. The van der Waals surface area contributed by atoms with Crippen LogP contribution in [0.1, 0.15) is 18.5 Å². The lowest BCUT2D eigenvalue weighted by atomic mass is 10.3. The molecule has 0 aromatic carbocycles. The van der Waals surface area contributed by atoms with Gasteiger partial charge in [-0.1, -0.05) is 11.6 Å². The van der Waals surface area contributed by atoms with Gasteiger partial charge in [-0.2, -0.15) is 0 Å². The molecule has 13 heavy (non-hydrogen) atoms. The Balaban J connectivity index is 1.76. The molecule has 2 rings (SSSR count). The summed E-state index contributed by atoms with van der Waals surface area (Å²) < 4.78 is 0. The van der Waals surface area contributed by atoms with Gasteiger partial charge in [0.15, 0.2) is 0 Å². The van der Waals surface area contributed by atoms with Gasteiger partial charge in [-0.3, -0.25) is 4.98 Å². The molecular formula is C10H13ClN2. The van der Waals surface area contributed by atoms with Gasteiger partial charge in [-0.05, 0) is 37.4 Å². The standard InChI is InChI=1S/C10H13ClN2/c11-9-3-4-10(13-6-9)7-12-5-8-1-2-8/h3-4,6,8,12H,1-2,5,7H2. The van der Waals surface area contributed by atoms with Gasteiger partial charge in [-0.15, -0.1) is 0 Å². The minimum absolute atomic E-state index is 0.700. The SMILES string of the molecule is Clc1ccc(CNCC2CC2)nc1. The van der Waals surface area contributed by atoms with Gasteiger partial charge in [-0.25, -0.2) is 0 Å². The molecule has 2 nitrogen and oxygen atoms in total. The first-order valence-corrected chi connectivity index (χ1v) is 5.03. The van der Waals surface area contributed by atoms with Gasteiger partial charge < -0.3 is 5.32 Å². The molecule has 0 spiro atoms. The lowest BCUT2D eigenvalue weighted by Crippen LogP contribution is -2.16. The van der Waals surface area contributed by atoms with Gasteiger partial charge in [0.05, 0.1) is 10.7 Å². The molecule has 1 aliphatic rings. The van der Waals surface area contributed by atoms with Crippen LogP contribution in [-0.2, 0) is 6.54 Å². The Kier molecular flexibility index (Phi) is 2.81. The predicted octanol–water partition coefficient (Wildman–Crippen LogP) is 2.23. The maximum atomic E-state index is 5.72. The lowest BCUT2D eigenvalue weighted by molar-refractivity contribution is 0.630. The molecule has 3 heteroatoms. The zero-order chi connectivity index (χ0) is 9.10. The van der Waals surface area contributed by atoms with Gasteiger partial charge in [0.2, 0.25) is 0 Å². The van der Waals surface area contributed by atoms with Crippen molar-refractivity contribution >= 4 is 11.6 Å². The Morgan fingerprint density at radius 1 is 1.46 bits per heavy atom. The quantitative estimate of drug-likeness (QED) is 0.799. The normalized spacial score (nSPS) is 16.1. The number of rotatable bonds is 4. The smallest absolute Gasteiger partial charge is 0.0589 e. The molecule has 70 valence electrons. The maximum Gasteiger partial charge on any atom is 0.0589 e. The van der Waals surface area contributed by atoms with E-state index < -0.39 is 0 Å². The van der Waals surface area contributed by atoms with E-state index in [-0.39, 0.29) is 0 Å². The first-order chi connectivity index (χ1) is 6.34. The van der Waals surface area contributed by atoms with E-state index >= 15 is 0 Å². The van der Waals surface area contributed by atoms with E-state index in [4.69, 9.17) is 11.6 Å². The third-order valence-corrected chi connectivity index (χ3v) is 2.45. The summed E-state index contributed by atoms with van der Waals surface area (Å²) in [7, 11) is 0. The number of nitrogens with zero attached hydrogens (tertiary/aromatic N) is 1. The van der Waals surface area contributed by atoms with Crippen LogP contribution in [0.4, 0.5) is 0 Å². The van der Waals surface area contributed by atoms with Crippen molar-refractivity contribution in [2.75, 3.05) is 6.54 Å². The number of halogens is 1. The molecule has 0 amide bonds. The minimum atomic E-state index is 0.700. The zero-order valence-corrected chi connectivity index (χ0v) is 8.22. The van der Waals surface area contributed by atoms with Crippen LogP contribution in [0, 0.1) is 5.92 Å². The van der Waals surface area contributed by atoms with E-state index in [9.17, 15) is 0 Å². The third kappa shape index (κ3) is 2.98. The predicted molar refractivity (Wildman–Crippen MR) is 53.7 cm³/mol. The second-order valence-electron chi connectivity index (χ2n) is 3.54. The van der Waals surface area contributed by atoms with Crippen LogP contribution >= 0.6 is 11.6 Å². The highest BCUT2D eigenvalue weighted by atomic mass is 35.5. The molecule has 1 fully saturated rings. The molecule has 0 saturated heterocycles. The van der Waals surface area contributed by atoms with Gasteiger partial charge in [0.1, 0.15) is 0 Å². The number of aromatic nitrogens is 1. The summed E-state index contributed by atoms with van der Waals surface area (Å²) >= 11 is 5.72. The van der Waals surface area contributed by atoms with Crippen molar-refractivity contribution < 1.29 is 0 Å². The topological polar surface area (TPSA) is 24.9 Å². The van der Waals surface area contributed by atoms with Crippen molar-refractivity contribution in [1.29, 1.82) is 0 Å². The zero-order valence-electron chi connectivity index (χ0n) is 7.46. The van der Waals surface area contributed by atoms with Crippen LogP contribution in [-0.4, -0.2) is 11.5 Å². The molecule has 0 atom stereocenters. The summed E-state index contributed by atoms with van der Waals surface area (Å²) in [6, 6.07) is 3.84. The van der Waals surface area contributed by atoms with Crippen molar-refractivity contribution in [1.82, 2.24) is 10.3 Å². The Labute approximate surface area is 83.3 Å². The van der Waals surface area contributed by atoms with Crippen molar-refractivity contribution in [2.24, 2.45) is 5.92 Å².